The van der Waals surface area contributed by atoms with Crippen LogP contribution in [0.1, 0.15) is 31.4 Å². The maximum Gasteiger partial charge on any atom is 0.336 e. The Morgan fingerprint density at radius 1 is 1.13 bits per heavy atom. The number of hydrogen-bond donors (Lipinski definition) is 1. The molecule has 1 aromatic heterocycles. The molecule has 0 saturated carbocycles. The van der Waals surface area contributed by atoms with Crippen molar-refractivity contribution in [3.05, 3.63) is 70.1 Å². The van der Waals surface area contributed by atoms with Crippen molar-refractivity contribution in [1.29, 1.82) is 0 Å². The van der Waals surface area contributed by atoms with Crippen molar-refractivity contribution in [2.45, 2.75) is 44.6 Å². The van der Waals surface area contributed by atoms with Crippen LogP contribution in [0.3, 0.4) is 0 Å². The molecule has 0 aliphatic heterocycles. The topological polar surface area (TPSA) is 103 Å². The molecule has 158 valence electrons. The molecule has 1 heterocycles. The van der Waals surface area contributed by atoms with Gasteiger partial charge < -0.3 is 9.15 Å². The molecule has 7 nitrogen and oxygen atoms in total. The van der Waals surface area contributed by atoms with E-state index in [2.05, 4.69) is 4.72 Å². The van der Waals surface area contributed by atoms with Crippen LogP contribution in [0.2, 0.25) is 0 Å². The molecule has 1 N–H and O–H groups in total. The number of hydrogen-bond acceptors (Lipinski definition) is 6. The summed E-state index contributed by atoms with van der Waals surface area (Å²) in [7, 11) is -3.88. The molecule has 0 spiro atoms. The van der Waals surface area contributed by atoms with Crippen molar-refractivity contribution in [3.63, 3.8) is 0 Å². The highest BCUT2D eigenvalue weighted by molar-refractivity contribution is 7.89. The molecule has 1 atom stereocenters. The normalized spacial score (nSPS) is 12.6. The van der Waals surface area contributed by atoms with Gasteiger partial charge in [-0.2, -0.15) is 4.72 Å². The van der Waals surface area contributed by atoms with Crippen LogP contribution >= 0.6 is 0 Å². The Kier molecular flexibility index (Phi) is 6.38. The van der Waals surface area contributed by atoms with Gasteiger partial charge in [0.2, 0.25) is 10.0 Å². The first kappa shape index (κ1) is 21.7. The van der Waals surface area contributed by atoms with E-state index in [1.165, 1.54) is 31.2 Å². The molecule has 0 unspecified atom stereocenters. The van der Waals surface area contributed by atoms with E-state index < -0.39 is 27.7 Å². The number of ether oxygens (including phenoxy) is 1. The molecule has 0 bridgehead atoms. The van der Waals surface area contributed by atoms with Crippen molar-refractivity contribution in [1.82, 2.24) is 4.72 Å². The second-order valence-corrected chi connectivity index (χ2v) is 8.79. The van der Waals surface area contributed by atoms with Crippen molar-refractivity contribution in [3.8, 4) is 5.75 Å². The average Bonchev–Trinajstić information content (AvgIpc) is 2.67. The average molecular weight is 429 g/mol. The number of sulfonamides is 1. The second kappa shape index (κ2) is 8.81. The van der Waals surface area contributed by atoms with Gasteiger partial charge in [-0.3, -0.25) is 0 Å². The molecular formula is C22H23NO6S. The Labute approximate surface area is 174 Å². The molecule has 0 saturated heterocycles. The SMILES string of the molecule is CCCc1cc(=O)oc2cc(OC(=O)[C@@H](C)NS(=O)(=O)c3ccc(C)cc3)ccc12. The first-order chi connectivity index (χ1) is 14.2. The van der Waals surface area contributed by atoms with Gasteiger partial charge in [0, 0.05) is 17.5 Å². The van der Waals surface area contributed by atoms with Crippen LogP contribution in [-0.2, 0) is 21.2 Å². The number of aryl methyl sites for hydroxylation is 2. The van der Waals surface area contributed by atoms with Crippen LogP contribution in [0.4, 0.5) is 0 Å². The van der Waals surface area contributed by atoms with E-state index >= 15 is 0 Å². The zero-order valence-electron chi connectivity index (χ0n) is 17.0. The molecule has 0 aliphatic rings. The summed E-state index contributed by atoms with van der Waals surface area (Å²) in [5, 5.41) is 0.768. The van der Waals surface area contributed by atoms with Gasteiger partial charge in [-0.15, -0.1) is 0 Å². The smallest absolute Gasteiger partial charge is 0.336 e. The molecular weight excluding hydrogens is 406 g/mol. The monoisotopic (exact) mass is 429 g/mol. The first-order valence-corrected chi connectivity index (χ1v) is 11.1. The predicted molar refractivity (Wildman–Crippen MR) is 113 cm³/mol. The van der Waals surface area contributed by atoms with Crippen LogP contribution in [0.5, 0.6) is 5.75 Å². The summed E-state index contributed by atoms with van der Waals surface area (Å²) < 4.78 is 37.7. The fraction of sp³-hybridized carbons (Fsp3) is 0.273. The Bertz CT molecular complexity index is 1230. The standard InChI is InChI=1S/C22H23NO6S/c1-4-5-16-12-21(24)29-20-13-17(8-11-19(16)20)28-22(25)15(3)23-30(26,27)18-9-6-14(2)7-10-18/h6-13,15,23H,4-5H2,1-3H3/t15-/m1/s1. The third-order valence-electron chi connectivity index (χ3n) is 4.56. The van der Waals surface area contributed by atoms with Gasteiger partial charge in [0.25, 0.3) is 0 Å². The fourth-order valence-electron chi connectivity index (χ4n) is 3.02. The predicted octanol–water partition coefficient (Wildman–Crippen LogP) is 3.33. The van der Waals surface area contributed by atoms with E-state index in [0.717, 1.165) is 29.4 Å². The van der Waals surface area contributed by atoms with Gasteiger partial charge >= 0.3 is 11.6 Å². The highest BCUT2D eigenvalue weighted by Gasteiger charge is 2.23. The van der Waals surface area contributed by atoms with Crippen LogP contribution in [0.15, 0.2) is 62.6 Å². The number of carbonyl (C=O) groups excluding carboxylic acids is 1. The third kappa shape index (κ3) is 4.95. The minimum atomic E-state index is -3.88. The van der Waals surface area contributed by atoms with E-state index in [9.17, 15) is 18.0 Å². The number of nitrogens with one attached hydrogen (secondary N) is 1. The molecule has 2 aromatic carbocycles. The Hall–Kier alpha value is -2.97. The van der Waals surface area contributed by atoms with Gasteiger partial charge in [0.05, 0.1) is 4.90 Å². The summed E-state index contributed by atoms with van der Waals surface area (Å²) in [6, 6.07) is 11.4. The van der Waals surface area contributed by atoms with Crippen molar-refractivity contribution < 1.29 is 22.4 Å². The van der Waals surface area contributed by atoms with E-state index in [1.807, 2.05) is 13.8 Å². The summed E-state index contributed by atoms with van der Waals surface area (Å²) in [5.41, 5.74) is 1.62. The Morgan fingerprint density at radius 2 is 1.83 bits per heavy atom. The van der Waals surface area contributed by atoms with Gasteiger partial charge in [-0.25, -0.2) is 18.0 Å². The van der Waals surface area contributed by atoms with Crippen molar-refractivity contribution in [2.24, 2.45) is 0 Å². The van der Waals surface area contributed by atoms with E-state index in [1.54, 1.807) is 24.3 Å². The zero-order chi connectivity index (χ0) is 21.9. The molecule has 0 aliphatic carbocycles. The van der Waals surface area contributed by atoms with Gasteiger partial charge in [0.15, 0.2) is 0 Å². The van der Waals surface area contributed by atoms with Gasteiger partial charge in [0.1, 0.15) is 17.4 Å². The second-order valence-electron chi connectivity index (χ2n) is 7.08. The fourth-order valence-corrected chi connectivity index (χ4v) is 4.21. The minimum absolute atomic E-state index is 0.0590. The Balaban J connectivity index is 1.77. The van der Waals surface area contributed by atoms with E-state index in [4.69, 9.17) is 9.15 Å². The number of fused-ring (bicyclic) bond motifs is 1. The lowest BCUT2D eigenvalue weighted by Crippen LogP contribution is -2.40. The summed E-state index contributed by atoms with van der Waals surface area (Å²) in [5.74, 6) is -0.622. The summed E-state index contributed by atoms with van der Waals surface area (Å²) in [6.45, 7) is 5.25. The van der Waals surface area contributed by atoms with E-state index in [0.29, 0.717) is 5.58 Å². The van der Waals surface area contributed by atoms with Crippen LogP contribution < -0.4 is 15.1 Å². The maximum atomic E-state index is 12.5. The highest BCUT2D eigenvalue weighted by atomic mass is 32.2. The first-order valence-electron chi connectivity index (χ1n) is 9.57. The lowest BCUT2D eigenvalue weighted by Gasteiger charge is -2.14. The number of esters is 1. The zero-order valence-corrected chi connectivity index (χ0v) is 17.8. The lowest BCUT2D eigenvalue weighted by atomic mass is 10.1. The highest BCUT2D eigenvalue weighted by Crippen LogP contribution is 2.24. The summed E-state index contributed by atoms with van der Waals surface area (Å²) in [6.07, 6.45) is 1.59. The van der Waals surface area contributed by atoms with E-state index in [-0.39, 0.29) is 10.6 Å². The largest absolute Gasteiger partial charge is 0.425 e. The van der Waals surface area contributed by atoms with Gasteiger partial charge in [-0.1, -0.05) is 31.0 Å². The molecule has 0 amide bonds. The number of rotatable bonds is 7. The molecule has 30 heavy (non-hydrogen) atoms. The minimum Gasteiger partial charge on any atom is -0.425 e. The lowest BCUT2D eigenvalue weighted by molar-refractivity contribution is -0.135. The molecule has 0 radical (unpaired) electrons. The van der Waals surface area contributed by atoms with Crippen molar-refractivity contribution >= 4 is 27.0 Å². The maximum absolute atomic E-state index is 12.5. The van der Waals surface area contributed by atoms with Crippen molar-refractivity contribution in [2.75, 3.05) is 0 Å². The summed E-state index contributed by atoms with van der Waals surface area (Å²) in [4.78, 5) is 24.2. The quantitative estimate of drug-likeness (QED) is 0.351. The summed E-state index contributed by atoms with van der Waals surface area (Å²) >= 11 is 0. The third-order valence-corrected chi connectivity index (χ3v) is 6.11. The van der Waals surface area contributed by atoms with Crippen LogP contribution in [0.25, 0.3) is 11.0 Å². The van der Waals surface area contributed by atoms with Gasteiger partial charge in [-0.05, 0) is 50.1 Å². The molecule has 3 rings (SSSR count). The van der Waals surface area contributed by atoms with Crippen LogP contribution in [0, 0.1) is 6.92 Å². The van der Waals surface area contributed by atoms with Crippen LogP contribution in [-0.4, -0.2) is 20.4 Å². The number of benzene rings is 2. The molecule has 0 fully saturated rings. The molecule has 8 heteroatoms. The molecule has 3 aromatic rings. The number of carbonyl (C=O) groups is 1. The Morgan fingerprint density at radius 3 is 2.50 bits per heavy atom.